The van der Waals surface area contributed by atoms with Crippen molar-refractivity contribution in [3.05, 3.63) is 11.8 Å². The minimum atomic E-state index is -0.486. The summed E-state index contributed by atoms with van der Waals surface area (Å²) in [5.74, 6) is 2.58. The van der Waals surface area contributed by atoms with Crippen molar-refractivity contribution in [1.29, 1.82) is 0 Å². The van der Waals surface area contributed by atoms with Gasteiger partial charge in [0.15, 0.2) is 0 Å². The zero-order valence-electron chi connectivity index (χ0n) is 22.6. The van der Waals surface area contributed by atoms with Crippen LogP contribution in [0.5, 0.6) is 5.88 Å². The molecule has 2 atom stereocenters. The highest BCUT2D eigenvalue weighted by atomic mass is 35.5. The second-order valence-electron chi connectivity index (χ2n) is 12.5. The van der Waals surface area contributed by atoms with Crippen LogP contribution >= 0.6 is 24.8 Å². The highest BCUT2D eigenvalue weighted by Gasteiger charge is 2.55. The van der Waals surface area contributed by atoms with Crippen molar-refractivity contribution in [2.75, 3.05) is 39.3 Å². The average Bonchev–Trinajstić information content (AvgIpc) is 3.08. The van der Waals surface area contributed by atoms with Crippen molar-refractivity contribution in [3.63, 3.8) is 0 Å². The highest BCUT2D eigenvalue weighted by molar-refractivity contribution is 5.96. The molecule has 38 heavy (non-hydrogen) atoms. The number of hydrogen-bond acceptors (Lipinski definition) is 6. The van der Waals surface area contributed by atoms with Crippen LogP contribution in [0.1, 0.15) is 81.0 Å². The Kier molecular flexibility index (Phi) is 10.3. The summed E-state index contributed by atoms with van der Waals surface area (Å²) in [5.41, 5.74) is 0.0931. The number of ether oxygens (including phenoxy) is 1. The predicted molar refractivity (Wildman–Crippen MR) is 152 cm³/mol. The van der Waals surface area contributed by atoms with Crippen LogP contribution in [-0.2, 0) is 6.54 Å². The van der Waals surface area contributed by atoms with Crippen LogP contribution in [0.3, 0.4) is 0 Å². The Balaban J connectivity index is 0.00000168. The molecular formula is C28H47Cl2N5O3. The number of carbonyl (C=O) groups is 1. The molecule has 0 spiro atoms. The van der Waals surface area contributed by atoms with E-state index in [4.69, 9.17) is 4.74 Å². The van der Waals surface area contributed by atoms with E-state index in [1.165, 1.54) is 32.1 Å². The molecule has 5 saturated carbocycles. The normalized spacial score (nSPS) is 33.2. The molecule has 5 aliphatic carbocycles. The van der Waals surface area contributed by atoms with Gasteiger partial charge in [-0.3, -0.25) is 4.79 Å². The first-order chi connectivity index (χ1) is 17.6. The van der Waals surface area contributed by atoms with Crippen LogP contribution in [0.25, 0.3) is 0 Å². The van der Waals surface area contributed by atoms with Crippen LogP contribution in [0.15, 0.2) is 6.20 Å². The van der Waals surface area contributed by atoms with Gasteiger partial charge >= 0.3 is 0 Å². The van der Waals surface area contributed by atoms with Crippen molar-refractivity contribution >= 4 is 30.7 Å². The maximum Gasteiger partial charge on any atom is 0.258 e. The third kappa shape index (κ3) is 6.63. The molecule has 1 aromatic heterocycles. The first-order valence-electron chi connectivity index (χ1n) is 14.7. The summed E-state index contributed by atoms with van der Waals surface area (Å²) >= 11 is 0. The topological polar surface area (TPSA) is 91.7 Å². The predicted octanol–water partition coefficient (Wildman–Crippen LogP) is 3.65. The Morgan fingerprint density at radius 1 is 1.05 bits per heavy atom. The zero-order chi connectivity index (χ0) is 24.5. The molecule has 3 N–H and O–H groups in total. The minimum absolute atomic E-state index is 0. The number of halogens is 2. The number of aromatic nitrogens is 2. The van der Waals surface area contributed by atoms with Gasteiger partial charge in [-0.15, -0.1) is 24.8 Å². The molecule has 7 rings (SSSR count). The number of aliphatic hydroxyl groups is 1. The van der Waals surface area contributed by atoms with E-state index < -0.39 is 5.60 Å². The second-order valence-corrected chi connectivity index (χ2v) is 12.5. The molecule has 1 aromatic rings. The molecule has 0 aromatic carbocycles. The summed E-state index contributed by atoms with van der Waals surface area (Å²) in [4.78, 5) is 16.1. The van der Waals surface area contributed by atoms with Gasteiger partial charge in [-0.25, -0.2) is 4.68 Å². The van der Waals surface area contributed by atoms with Crippen molar-refractivity contribution in [2.45, 2.75) is 88.8 Å². The molecule has 1 saturated heterocycles. The van der Waals surface area contributed by atoms with Gasteiger partial charge in [0.05, 0.1) is 24.9 Å². The maximum atomic E-state index is 13.6. The quantitative estimate of drug-likeness (QED) is 0.441. The number of nitrogens with zero attached hydrogens (tertiary/aromatic N) is 3. The zero-order valence-corrected chi connectivity index (χ0v) is 24.2. The van der Waals surface area contributed by atoms with Crippen LogP contribution in [0.2, 0.25) is 0 Å². The first-order valence-corrected chi connectivity index (χ1v) is 14.7. The lowest BCUT2D eigenvalue weighted by Crippen LogP contribution is -2.61. The largest absolute Gasteiger partial charge is 0.477 e. The molecule has 10 heteroatoms. The van der Waals surface area contributed by atoms with E-state index in [1.54, 1.807) is 6.20 Å². The molecule has 216 valence electrons. The molecule has 6 aliphatic rings. The Morgan fingerprint density at radius 2 is 1.82 bits per heavy atom. The van der Waals surface area contributed by atoms with Crippen molar-refractivity contribution < 1.29 is 14.6 Å². The molecule has 4 bridgehead atoms. The number of hydrogen-bond donors (Lipinski definition) is 3. The van der Waals surface area contributed by atoms with Crippen LogP contribution in [-0.4, -0.2) is 76.7 Å². The molecule has 6 fully saturated rings. The van der Waals surface area contributed by atoms with E-state index >= 15 is 0 Å². The highest BCUT2D eigenvalue weighted by Crippen LogP contribution is 2.55. The Hall–Kier alpha value is -1.06. The lowest BCUT2D eigenvalue weighted by Gasteiger charge is -2.58. The minimum Gasteiger partial charge on any atom is -0.477 e. The molecule has 2 unspecified atom stereocenters. The molecule has 0 radical (unpaired) electrons. The SMILES string of the molecule is Cl.Cl.O=C(NC1C2CC3CC1CC(O)(C3)C2)c1cnn(CCN2CCCNCC2)c1OCC1CCCCC1. The van der Waals surface area contributed by atoms with Crippen LogP contribution in [0, 0.1) is 23.7 Å². The average molecular weight is 573 g/mol. The summed E-state index contributed by atoms with van der Waals surface area (Å²) in [5, 5.41) is 22.5. The fourth-order valence-electron chi connectivity index (χ4n) is 8.20. The van der Waals surface area contributed by atoms with Crippen LogP contribution in [0.4, 0.5) is 0 Å². The van der Waals surface area contributed by atoms with Crippen molar-refractivity contribution in [1.82, 2.24) is 25.3 Å². The summed E-state index contributed by atoms with van der Waals surface area (Å²) in [6.45, 7) is 6.57. The van der Waals surface area contributed by atoms with E-state index in [-0.39, 0.29) is 36.8 Å². The van der Waals surface area contributed by atoms with Crippen molar-refractivity contribution in [3.8, 4) is 5.88 Å². The molecule has 1 aliphatic heterocycles. The van der Waals surface area contributed by atoms with E-state index in [0.29, 0.717) is 41.7 Å². The van der Waals surface area contributed by atoms with Gasteiger partial charge in [0.1, 0.15) is 5.56 Å². The maximum absolute atomic E-state index is 13.6. The molecule has 8 nitrogen and oxygen atoms in total. The fourth-order valence-corrected chi connectivity index (χ4v) is 8.20. The third-order valence-corrected chi connectivity index (χ3v) is 9.82. The Morgan fingerprint density at radius 3 is 2.55 bits per heavy atom. The standard InChI is InChI=1S/C28H45N5O3.2ClH/c34-26(31-25-22-13-21-14-23(25)17-28(35,15-21)16-22)24-18-30-33(12-11-32-9-4-7-29-8-10-32)27(24)36-19-20-5-2-1-3-6-20;;/h18,20-23,25,29,35H,1-17,19H2,(H,31,34);2*1H. The van der Waals surface area contributed by atoms with Gasteiger partial charge in [-0.05, 0) is 88.1 Å². The van der Waals surface area contributed by atoms with Crippen LogP contribution < -0.4 is 15.4 Å². The first kappa shape index (κ1) is 29.9. The van der Waals surface area contributed by atoms with Gasteiger partial charge in [-0.1, -0.05) is 19.3 Å². The lowest BCUT2D eigenvalue weighted by atomic mass is 9.52. The number of carbonyl (C=O) groups excluding carboxylic acids is 1. The summed E-state index contributed by atoms with van der Waals surface area (Å²) < 4.78 is 8.35. The smallest absolute Gasteiger partial charge is 0.258 e. The Bertz CT molecular complexity index is 900. The summed E-state index contributed by atoms with van der Waals surface area (Å²) in [7, 11) is 0. The van der Waals surface area contributed by atoms with Gasteiger partial charge in [0, 0.05) is 25.7 Å². The fraction of sp³-hybridized carbons (Fsp3) is 0.857. The van der Waals surface area contributed by atoms with E-state index in [0.717, 1.165) is 77.8 Å². The van der Waals surface area contributed by atoms with E-state index in [1.807, 2.05) is 4.68 Å². The summed E-state index contributed by atoms with van der Waals surface area (Å²) in [6.07, 6.45) is 14.1. The second kappa shape index (κ2) is 13.1. The number of amides is 1. The third-order valence-electron chi connectivity index (χ3n) is 9.82. The van der Waals surface area contributed by atoms with E-state index in [9.17, 15) is 9.90 Å². The molecular weight excluding hydrogens is 525 g/mol. The monoisotopic (exact) mass is 571 g/mol. The lowest BCUT2D eigenvalue weighted by molar-refractivity contribution is -0.136. The molecule has 2 heterocycles. The number of rotatable bonds is 8. The van der Waals surface area contributed by atoms with Gasteiger partial charge in [-0.2, -0.15) is 5.10 Å². The number of nitrogens with one attached hydrogen (secondary N) is 2. The van der Waals surface area contributed by atoms with E-state index in [2.05, 4.69) is 20.6 Å². The Labute approximate surface area is 239 Å². The molecule has 1 amide bonds. The van der Waals surface area contributed by atoms with Gasteiger partial charge in [0.2, 0.25) is 5.88 Å². The summed E-state index contributed by atoms with van der Waals surface area (Å²) in [6, 6.07) is 0.161. The van der Waals surface area contributed by atoms with Crippen molar-refractivity contribution in [2.24, 2.45) is 23.7 Å². The van der Waals surface area contributed by atoms with Gasteiger partial charge in [0.25, 0.3) is 5.91 Å². The van der Waals surface area contributed by atoms with Gasteiger partial charge < -0.3 is 25.4 Å².